The Morgan fingerprint density at radius 3 is 2.69 bits per heavy atom. The van der Waals surface area contributed by atoms with Crippen LogP contribution in [0.5, 0.6) is 11.5 Å². The smallest absolute Gasteiger partial charge is 0.273 e. The summed E-state index contributed by atoms with van der Waals surface area (Å²) in [6.07, 6.45) is 0.567. The first-order valence-corrected chi connectivity index (χ1v) is 4.82. The normalized spacial score (nSPS) is 12.2. The number of nitro benzene ring substituents is 1. The van der Waals surface area contributed by atoms with Crippen LogP contribution in [0, 0.1) is 10.1 Å². The van der Waals surface area contributed by atoms with Gasteiger partial charge in [-0.2, -0.15) is 0 Å². The summed E-state index contributed by atoms with van der Waals surface area (Å²) in [5, 5.41) is 20.4. The average molecular weight is 226 g/mol. The van der Waals surface area contributed by atoms with E-state index in [1.54, 1.807) is 0 Å². The molecule has 88 valence electrons. The zero-order chi connectivity index (χ0) is 12.3. The summed E-state index contributed by atoms with van der Waals surface area (Å²) in [5.74, 6) is -0.0736. The minimum absolute atomic E-state index is 0.0631. The Kier molecular flexibility index (Phi) is 3.68. The highest BCUT2D eigenvalue weighted by Gasteiger charge is 2.19. The van der Waals surface area contributed by atoms with Gasteiger partial charge in [0.25, 0.3) is 5.69 Å². The fourth-order valence-electron chi connectivity index (χ4n) is 1.38. The number of hydrogen-bond donors (Lipinski definition) is 2. The number of nitro groups is 1. The second-order valence-corrected chi connectivity index (χ2v) is 3.36. The number of non-ortho nitro benzene ring substituents is 1. The molecule has 0 unspecified atom stereocenters. The van der Waals surface area contributed by atoms with Crippen LogP contribution in [0.2, 0.25) is 0 Å². The minimum Gasteiger partial charge on any atom is -0.504 e. The molecule has 0 aliphatic heterocycles. The molecule has 0 saturated carbocycles. The third-order valence-electron chi connectivity index (χ3n) is 2.36. The molecule has 0 saturated heterocycles. The van der Waals surface area contributed by atoms with Gasteiger partial charge in [-0.15, -0.1) is 0 Å². The summed E-state index contributed by atoms with van der Waals surface area (Å²) in [7, 11) is 1.33. The standard InChI is InChI=1S/C10H14N2O4/c1-3-8(11)7-4-6(12(14)15)5-9(16-2)10(7)13/h4-5,8,13H,3,11H2,1-2H3/t8-/m1/s1. The molecular formula is C10H14N2O4. The highest BCUT2D eigenvalue weighted by Crippen LogP contribution is 2.37. The predicted molar refractivity (Wildman–Crippen MR) is 58.5 cm³/mol. The van der Waals surface area contributed by atoms with Crippen LogP contribution in [-0.2, 0) is 0 Å². The number of nitrogens with two attached hydrogens (primary N) is 1. The lowest BCUT2D eigenvalue weighted by Gasteiger charge is -2.13. The molecule has 1 rings (SSSR count). The van der Waals surface area contributed by atoms with Crippen LogP contribution in [0.25, 0.3) is 0 Å². The van der Waals surface area contributed by atoms with Crippen LogP contribution in [0.1, 0.15) is 24.9 Å². The Morgan fingerprint density at radius 2 is 2.25 bits per heavy atom. The van der Waals surface area contributed by atoms with E-state index in [-0.39, 0.29) is 17.2 Å². The number of hydrogen-bond acceptors (Lipinski definition) is 5. The second kappa shape index (κ2) is 4.80. The topological polar surface area (TPSA) is 98.6 Å². The highest BCUT2D eigenvalue weighted by atomic mass is 16.6. The maximum atomic E-state index is 10.7. The molecular weight excluding hydrogens is 212 g/mol. The summed E-state index contributed by atoms with van der Waals surface area (Å²) in [4.78, 5) is 10.1. The monoisotopic (exact) mass is 226 g/mol. The number of phenols is 1. The van der Waals surface area contributed by atoms with E-state index in [1.165, 1.54) is 19.2 Å². The van der Waals surface area contributed by atoms with Crippen LogP contribution in [0.4, 0.5) is 5.69 Å². The van der Waals surface area contributed by atoms with Gasteiger partial charge in [0.1, 0.15) is 0 Å². The molecule has 0 fully saturated rings. The molecule has 0 aromatic heterocycles. The lowest BCUT2D eigenvalue weighted by atomic mass is 10.0. The molecule has 0 radical (unpaired) electrons. The molecule has 0 bridgehead atoms. The number of ether oxygens (including phenoxy) is 1. The van der Waals surface area contributed by atoms with E-state index in [9.17, 15) is 15.2 Å². The number of benzene rings is 1. The van der Waals surface area contributed by atoms with Crippen LogP contribution in [0.3, 0.4) is 0 Å². The third-order valence-corrected chi connectivity index (χ3v) is 2.36. The van der Waals surface area contributed by atoms with Gasteiger partial charge in [-0.1, -0.05) is 6.92 Å². The van der Waals surface area contributed by atoms with Gasteiger partial charge in [-0.05, 0) is 6.42 Å². The van der Waals surface area contributed by atoms with Crippen LogP contribution >= 0.6 is 0 Å². The largest absolute Gasteiger partial charge is 0.504 e. The van der Waals surface area contributed by atoms with Crippen LogP contribution < -0.4 is 10.5 Å². The first-order chi connectivity index (χ1) is 7.51. The molecule has 0 aliphatic carbocycles. The van der Waals surface area contributed by atoms with Crippen molar-refractivity contribution in [2.24, 2.45) is 5.73 Å². The van der Waals surface area contributed by atoms with Crippen molar-refractivity contribution in [3.63, 3.8) is 0 Å². The van der Waals surface area contributed by atoms with Gasteiger partial charge in [-0.25, -0.2) is 0 Å². The van der Waals surface area contributed by atoms with E-state index in [4.69, 9.17) is 10.5 Å². The van der Waals surface area contributed by atoms with Crippen molar-refractivity contribution in [3.8, 4) is 11.5 Å². The van der Waals surface area contributed by atoms with Gasteiger partial charge >= 0.3 is 0 Å². The fraction of sp³-hybridized carbons (Fsp3) is 0.400. The van der Waals surface area contributed by atoms with Gasteiger partial charge < -0.3 is 15.6 Å². The Bertz CT molecular complexity index is 406. The lowest BCUT2D eigenvalue weighted by molar-refractivity contribution is -0.385. The number of rotatable bonds is 4. The first-order valence-electron chi connectivity index (χ1n) is 4.82. The van der Waals surface area contributed by atoms with E-state index < -0.39 is 11.0 Å². The summed E-state index contributed by atoms with van der Waals surface area (Å²) in [5.41, 5.74) is 5.93. The van der Waals surface area contributed by atoms with Gasteiger partial charge in [0.2, 0.25) is 0 Å². The highest BCUT2D eigenvalue weighted by molar-refractivity contribution is 5.54. The van der Waals surface area contributed by atoms with E-state index in [0.29, 0.717) is 12.0 Å². The zero-order valence-corrected chi connectivity index (χ0v) is 9.14. The van der Waals surface area contributed by atoms with Crippen molar-refractivity contribution >= 4 is 5.69 Å². The number of phenolic OH excluding ortho intramolecular Hbond substituents is 1. The maximum absolute atomic E-state index is 10.7. The number of nitrogens with zero attached hydrogens (tertiary/aromatic N) is 1. The van der Waals surface area contributed by atoms with Gasteiger partial charge in [-0.3, -0.25) is 10.1 Å². The molecule has 0 amide bonds. The fourth-order valence-corrected chi connectivity index (χ4v) is 1.38. The molecule has 6 nitrogen and oxygen atoms in total. The van der Waals surface area contributed by atoms with E-state index in [2.05, 4.69) is 0 Å². The molecule has 1 aromatic rings. The molecule has 0 heterocycles. The molecule has 1 atom stereocenters. The van der Waals surface area contributed by atoms with Crippen molar-refractivity contribution in [2.75, 3.05) is 7.11 Å². The van der Waals surface area contributed by atoms with E-state index in [0.717, 1.165) is 0 Å². The lowest BCUT2D eigenvalue weighted by Crippen LogP contribution is -2.09. The second-order valence-electron chi connectivity index (χ2n) is 3.36. The van der Waals surface area contributed by atoms with Crippen molar-refractivity contribution in [3.05, 3.63) is 27.8 Å². The molecule has 16 heavy (non-hydrogen) atoms. The molecule has 6 heteroatoms. The summed E-state index contributed by atoms with van der Waals surface area (Å²) >= 11 is 0. The summed E-state index contributed by atoms with van der Waals surface area (Å²) < 4.78 is 4.86. The van der Waals surface area contributed by atoms with Crippen molar-refractivity contribution in [2.45, 2.75) is 19.4 Å². The van der Waals surface area contributed by atoms with Gasteiger partial charge in [0.15, 0.2) is 11.5 Å². The van der Waals surface area contributed by atoms with Crippen LogP contribution in [0.15, 0.2) is 12.1 Å². The number of aromatic hydroxyl groups is 1. The molecule has 1 aromatic carbocycles. The Balaban J connectivity index is 3.35. The zero-order valence-electron chi connectivity index (χ0n) is 9.14. The van der Waals surface area contributed by atoms with Crippen molar-refractivity contribution in [1.29, 1.82) is 0 Å². The van der Waals surface area contributed by atoms with Crippen molar-refractivity contribution < 1.29 is 14.8 Å². The predicted octanol–water partition coefficient (Wildman–Crippen LogP) is 1.72. The maximum Gasteiger partial charge on any atom is 0.273 e. The third kappa shape index (κ3) is 2.22. The quantitative estimate of drug-likeness (QED) is 0.601. The van der Waals surface area contributed by atoms with E-state index in [1.807, 2.05) is 6.92 Å². The molecule has 0 spiro atoms. The Labute approximate surface area is 92.8 Å². The Morgan fingerprint density at radius 1 is 1.62 bits per heavy atom. The van der Waals surface area contributed by atoms with Crippen molar-refractivity contribution in [1.82, 2.24) is 0 Å². The first kappa shape index (κ1) is 12.3. The average Bonchev–Trinajstić information content (AvgIpc) is 2.28. The van der Waals surface area contributed by atoms with E-state index >= 15 is 0 Å². The van der Waals surface area contributed by atoms with Gasteiger partial charge in [0, 0.05) is 17.7 Å². The van der Waals surface area contributed by atoms with Crippen LogP contribution in [-0.4, -0.2) is 17.1 Å². The summed E-state index contributed by atoms with van der Waals surface area (Å²) in [6, 6.07) is 1.99. The SMILES string of the molecule is CC[C@@H](N)c1cc([N+](=O)[O-])cc(OC)c1O. The number of methoxy groups -OCH3 is 1. The Hall–Kier alpha value is -1.82. The molecule has 3 N–H and O–H groups in total. The van der Waals surface area contributed by atoms with Gasteiger partial charge in [0.05, 0.1) is 18.1 Å². The molecule has 0 aliphatic rings. The minimum atomic E-state index is -0.548. The summed E-state index contributed by atoms with van der Waals surface area (Å²) in [6.45, 7) is 1.83.